The van der Waals surface area contributed by atoms with Gasteiger partial charge in [0.25, 0.3) is 0 Å². The number of hydrogen-bond donors (Lipinski definition) is 2. The molecule has 2 heterocycles. The first-order chi connectivity index (χ1) is 16.8. The van der Waals surface area contributed by atoms with Crippen molar-refractivity contribution in [1.29, 1.82) is 0 Å². The molecule has 0 saturated carbocycles. The van der Waals surface area contributed by atoms with E-state index >= 15 is 0 Å². The molecular weight excluding hydrogens is 452 g/mol. The highest BCUT2D eigenvalue weighted by Crippen LogP contribution is 2.33. The lowest BCUT2D eigenvalue weighted by Crippen LogP contribution is -2.45. The molecule has 186 valence electrons. The second-order valence-corrected chi connectivity index (χ2v) is 8.97. The van der Waals surface area contributed by atoms with Gasteiger partial charge in [-0.25, -0.2) is 13.6 Å². The molecule has 1 aliphatic heterocycles. The summed E-state index contributed by atoms with van der Waals surface area (Å²) in [6.07, 6.45) is 5.37. The number of hydrogen-bond acceptors (Lipinski definition) is 4. The standard InChI is InChI=1S/C26H31F2N5O2/c1-17-5-4-6-18(2)33(17)13-14-35-25-10-8-20(16-21(25)24-11-12-29-32(24)3)30-26(34)31-23-9-7-19(27)15-22(23)28/h7-12,15-18H,4-6,13-14H2,1-3H3,(H2,30,31,34)/t17-,18+. The fraction of sp³-hybridized carbons (Fsp3) is 0.385. The van der Waals surface area contributed by atoms with Crippen molar-refractivity contribution < 1.29 is 18.3 Å². The van der Waals surface area contributed by atoms with E-state index in [2.05, 4.69) is 34.5 Å². The molecule has 1 fully saturated rings. The minimum atomic E-state index is -0.850. The smallest absolute Gasteiger partial charge is 0.323 e. The summed E-state index contributed by atoms with van der Waals surface area (Å²) in [5.41, 5.74) is 1.98. The number of halogens is 2. The van der Waals surface area contributed by atoms with Gasteiger partial charge in [-0.2, -0.15) is 5.10 Å². The molecule has 35 heavy (non-hydrogen) atoms. The van der Waals surface area contributed by atoms with Crippen molar-refractivity contribution in [2.24, 2.45) is 7.05 Å². The highest BCUT2D eigenvalue weighted by atomic mass is 19.1. The Bertz CT molecular complexity index is 1170. The van der Waals surface area contributed by atoms with Crippen molar-refractivity contribution in [1.82, 2.24) is 14.7 Å². The number of nitrogens with one attached hydrogen (secondary N) is 2. The molecule has 7 nitrogen and oxygen atoms in total. The van der Waals surface area contributed by atoms with E-state index in [-0.39, 0.29) is 5.69 Å². The van der Waals surface area contributed by atoms with Crippen molar-refractivity contribution in [2.75, 3.05) is 23.8 Å². The predicted octanol–water partition coefficient (Wildman–Crippen LogP) is 5.65. The van der Waals surface area contributed by atoms with E-state index in [0.29, 0.717) is 36.2 Å². The summed E-state index contributed by atoms with van der Waals surface area (Å²) in [6, 6.07) is 10.6. The van der Waals surface area contributed by atoms with E-state index in [9.17, 15) is 13.6 Å². The summed E-state index contributed by atoms with van der Waals surface area (Å²) in [4.78, 5) is 14.9. The number of urea groups is 1. The van der Waals surface area contributed by atoms with Gasteiger partial charge < -0.3 is 15.4 Å². The van der Waals surface area contributed by atoms with Gasteiger partial charge in [0.2, 0.25) is 0 Å². The Hall–Kier alpha value is -3.46. The van der Waals surface area contributed by atoms with Crippen LogP contribution >= 0.6 is 0 Å². The fourth-order valence-corrected chi connectivity index (χ4v) is 4.62. The first-order valence-electron chi connectivity index (χ1n) is 11.9. The van der Waals surface area contributed by atoms with Gasteiger partial charge in [0.1, 0.15) is 24.0 Å². The van der Waals surface area contributed by atoms with Gasteiger partial charge in [-0.3, -0.25) is 9.58 Å². The molecule has 0 unspecified atom stereocenters. The van der Waals surface area contributed by atoms with Crippen molar-refractivity contribution in [3.05, 3.63) is 60.3 Å². The number of amides is 2. The summed E-state index contributed by atoms with van der Waals surface area (Å²) in [5.74, 6) is -0.882. The number of anilines is 2. The van der Waals surface area contributed by atoms with Crippen LogP contribution in [0.25, 0.3) is 11.3 Å². The maximum absolute atomic E-state index is 13.9. The van der Waals surface area contributed by atoms with Crippen LogP contribution in [0.5, 0.6) is 5.75 Å². The Labute approximate surface area is 204 Å². The number of benzene rings is 2. The molecular formula is C26H31F2N5O2. The molecule has 2 aromatic carbocycles. The number of nitrogens with zero attached hydrogens (tertiary/aromatic N) is 3. The topological polar surface area (TPSA) is 71.4 Å². The molecule has 1 aliphatic rings. The molecule has 0 bridgehead atoms. The van der Waals surface area contributed by atoms with Crippen LogP contribution in [-0.2, 0) is 7.05 Å². The summed E-state index contributed by atoms with van der Waals surface area (Å²) >= 11 is 0. The van der Waals surface area contributed by atoms with Crippen molar-refractivity contribution in [2.45, 2.75) is 45.2 Å². The van der Waals surface area contributed by atoms with Gasteiger partial charge in [0, 0.05) is 49.2 Å². The van der Waals surface area contributed by atoms with Crippen LogP contribution in [0.4, 0.5) is 25.0 Å². The summed E-state index contributed by atoms with van der Waals surface area (Å²) < 4.78 is 34.9. The average molecular weight is 484 g/mol. The number of carbonyl (C=O) groups is 1. The molecule has 1 saturated heterocycles. The maximum atomic E-state index is 13.9. The van der Waals surface area contributed by atoms with Gasteiger partial charge in [0.05, 0.1) is 11.4 Å². The molecule has 0 spiro atoms. The summed E-state index contributed by atoms with van der Waals surface area (Å²) in [7, 11) is 1.83. The van der Waals surface area contributed by atoms with Gasteiger partial charge in [-0.1, -0.05) is 6.42 Å². The van der Waals surface area contributed by atoms with E-state index in [0.717, 1.165) is 23.9 Å². The molecule has 2 atom stereocenters. The van der Waals surface area contributed by atoms with Gasteiger partial charge in [-0.15, -0.1) is 0 Å². The van der Waals surface area contributed by atoms with Gasteiger partial charge >= 0.3 is 6.03 Å². The number of carbonyl (C=O) groups excluding carboxylic acids is 1. The predicted molar refractivity (Wildman–Crippen MR) is 133 cm³/mol. The van der Waals surface area contributed by atoms with Crippen LogP contribution in [0.3, 0.4) is 0 Å². The molecule has 4 rings (SSSR count). The van der Waals surface area contributed by atoms with Crippen LogP contribution in [0.2, 0.25) is 0 Å². The van der Waals surface area contributed by atoms with Crippen molar-refractivity contribution >= 4 is 17.4 Å². The Kier molecular flexibility index (Phi) is 7.65. The molecule has 9 heteroatoms. The quantitative estimate of drug-likeness (QED) is 0.456. The third-order valence-electron chi connectivity index (χ3n) is 6.50. The highest BCUT2D eigenvalue weighted by Gasteiger charge is 2.24. The van der Waals surface area contributed by atoms with E-state index in [1.165, 1.54) is 25.3 Å². The van der Waals surface area contributed by atoms with Crippen LogP contribution in [0.1, 0.15) is 33.1 Å². The zero-order chi connectivity index (χ0) is 24.9. The number of rotatable bonds is 7. The van der Waals surface area contributed by atoms with Crippen LogP contribution in [0, 0.1) is 11.6 Å². The second kappa shape index (κ2) is 10.9. The number of likely N-dealkylation sites (tertiary alicyclic amines) is 1. The number of piperidine rings is 1. The largest absolute Gasteiger partial charge is 0.492 e. The molecule has 3 aromatic rings. The molecule has 2 N–H and O–H groups in total. The molecule has 0 aliphatic carbocycles. The molecule has 0 radical (unpaired) electrons. The van der Waals surface area contributed by atoms with Crippen LogP contribution < -0.4 is 15.4 Å². The zero-order valence-electron chi connectivity index (χ0n) is 20.2. The van der Waals surface area contributed by atoms with Crippen LogP contribution in [-0.4, -0.2) is 45.9 Å². The first-order valence-corrected chi connectivity index (χ1v) is 11.9. The van der Waals surface area contributed by atoms with Crippen molar-refractivity contribution in [3.63, 3.8) is 0 Å². The van der Waals surface area contributed by atoms with Crippen molar-refractivity contribution in [3.8, 4) is 17.0 Å². The van der Waals surface area contributed by atoms with Gasteiger partial charge in [0.15, 0.2) is 0 Å². The number of aryl methyl sites for hydroxylation is 1. The second-order valence-electron chi connectivity index (χ2n) is 8.97. The minimum Gasteiger partial charge on any atom is -0.492 e. The number of ether oxygens (including phenoxy) is 1. The lowest BCUT2D eigenvalue weighted by Gasteiger charge is -2.38. The van der Waals surface area contributed by atoms with Crippen LogP contribution in [0.15, 0.2) is 48.7 Å². The Morgan fingerprint density at radius 2 is 1.86 bits per heavy atom. The highest BCUT2D eigenvalue weighted by molar-refractivity contribution is 6.00. The van der Waals surface area contributed by atoms with E-state index < -0.39 is 17.7 Å². The van der Waals surface area contributed by atoms with Gasteiger partial charge in [-0.05, 0) is 63.1 Å². The fourth-order valence-electron chi connectivity index (χ4n) is 4.62. The first kappa shape index (κ1) is 24.7. The monoisotopic (exact) mass is 483 g/mol. The average Bonchev–Trinajstić information content (AvgIpc) is 3.24. The summed E-state index contributed by atoms with van der Waals surface area (Å²) in [6.45, 7) is 5.90. The molecule has 1 aromatic heterocycles. The lowest BCUT2D eigenvalue weighted by atomic mass is 9.98. The Balaban J connectivity index is 1.48. The van der Waals surface area contributed by atoms with E-state index in [4.69, 9.17) is 4.74 Å². The zero-order valence-corrected chi connectivity index (χ0v) is 20.2. The molecule has 2 amide bonds. The Morgan fingerprint density at radius 3 is 2.54 bits per heavy atom. The third kappa shape index (κ3) is 5.97. The minimum absolute atomic E-state index is 0.114. The van der Waals surface area contributed by atoms with E-state index in [1.54, 1.807) is 29.1 Å². The van der Waals surface area contributed by atoms with E-state index in [1.807, 2.05) is 13.1 Å². The lowest BCUT2D eigenvalue weighted by molar-refractivity contribution is 0.0852. The number of aromatic nitrogens is 2. The maximum Gasteiger partial charge on any atom is 0.323 e. The summed E-state index contributed by atoms with van der Waals surface area (Å²) in [5, 5.41) is 9.35. The normalized spacial score (nSPS) is 18.3. The Morgan fingerprint density at radius 1 is 1.09 bits per heavy atom. The SMILES string of the molecule is C[C@@H]1CCC[C@H](C)N1CCOc1ccc(NC(=O)Nc2ccc(F)cc2F)cc1-c1ccnn1C. The third-order valence-corrected chi connectivity index (χ3v) is 6.50.